The summed E-state index contributed by atoms with van der Waals surface area (Å²) in [7, 11) is -3.67. The van der Waals surface area contributed by atoms with Crippen LogP contribution in [0, 0.1) is 6.92 Å². The zero-order valence-electron chi connectivity index (χ0n) is 22.3. The molecule has 2 amide bonds. The topological polar surface area (TPSA) is 86.8 Å². The molecule has 0 aliphatic heterocycles. The van der Waals surface area contributed by atoms with Crippen molar-refractivity contribution in [3.05, 3.63) is 63.6 Å². The first kappa shape index (κ1) is 30.3. The predicted molar refractivity (Wildman–Crippen MR) is 154 cm³/mol. The summed E-state index contributed by atoms with van der Waals surface area (Å²) in [5.74, 6) is -0.384. The van der Waals surface area contributed by atoms with Gasteiger partial charge in [-0.1, -0.05) is 72.3 Å². The van der Waals surface area contributed by atoms with Crippen LogP contribution in [0.5, 0.6) is 0 Å². The van der Waals surface area contributed by atoms with Gasteiger partial charge < -0.3 is 10.2 Å². The van der Waals surface area contributed by atoms with E-state index >= 15 is 0 Å². The second-order valence-electron chi connectivity index (χ2n) is 10.1. The fourth-order valence-electron chi connectivity index (χ4n) is 4.82. The number of nitrogens with zero attached hydrogens (tertiary/aromatic N) is 2. The number of benzene rings is 2. The minimum Gasteiger partial charge on any atom is -0.352 e. The van der Waals surface area contributed by atoms with Crippen molar-refractivity contribution in [1.82, 2.24) is 10.2 Å². The predicted octanol–water partition coefficient (Wildman–Crippen LogP) is 5.71. The molecule has 38 heavy (non-hydrogen) atoms. The minimum atomic E-state index is -3.67. The number of rotatable bonds is 11. The summed E-state index contributed by atoms with van der Waals surface area (Å²) in [6.45, 7) is 4.07. The molecule has 1 aliphatic rings. The van der Waals surface area contributed by atoms with Gasteiger partial charge in [0.25, 0.3) is 0 Å². The lowest BCUT2D eigenvalue weighted by atomic mass is 9.95. The Morgan fingerprint density at radius 3 is 2.45 bits per heavy atom. The Morgan fingerprint density at radius 2 is 1.79 bits per heavy atom. The third-order valence-corrected chi connectivity index (χ3v) is 8.62. The van der Waals surface area contributed by atoms with Crippen molar-refractivity contribution in [3.8, 4) is 0 Å². The third kappa shape index (κ3) is 8.61. The van der Waals surface area contributed by atoms with E-state index in [1.54, 1.807) is 24.0 Å². The van der Waals surface area contributed by atoms with Crippen LogP contribution >= 0.6 is 23.2 Å². The molecule has 0 radical (unpaired) electrons. The Hall–Kier alpha value is -2.29. The highest BCUT2D eigenvalue weighted by Gasteiger charge is 2.28. The van der Waals surface area contributed by atoms with Crippen LogP contribution in [0.4, 0.5) is 5.69 Å². The van der Waals surface area contributed by atoms with Gasteiger partial charge in [0, 0.05) is 30.6 Å². The lowest BCUT2D eigenvalue weighted by molar-refractivity contribution is -0.141. The second-order valence-corrected chi connectivity index (χ2v) is 12.8. The summed E-state index contributed by atoms with van der Waals surface area (Å²) < 4.78 is 26.2. The van der Waals surface area contributed by atoms with Crippen LogP contribution in [-0.4, -0.2) is 50.0 Å². The summed E-state index contributed by atoms with van der Waals surface area (Å²) in [6.07, 6.45) is 6.69. The lowest BCUT2D eigenvalue weighted by Gasteiger charge is -2.31. The molecule has 0 spiro atoms. The molecule has 0 bridgehead atoms. The van der Waals surface area contributed by atoms with E-state index in [0.717, 1.165) is 43.1 Å². The summed E-state index contributed by atoms with van der Waals surface area (Å²) in [5.41, 5.74) is 2.27. The Morgan fingerprint density at radius 1 is 1.08 bits per heavy atom. The van der Waals surface area contributed by atoms with Crippen molar-refractivity contribution in [2.75, 3.05) is 17.1 Å². The standard InChI is InChI=1S/C28H37Cl2N3O4S/c1-20-9-7-10-22(17-20)19-32(21(2)28(35)31-24-11-5-4-6-12-24)27(34)13-8-16-33(38(3,36)37)26-18-23(29)14-15-25(26)30/h7,9-10,14-15,17-18,21,24H,4-6,8,11-13,16,19H2,1-3H3,(H,31,35)/t21-/m1/s1. The number of halogens is 2. The van der Waals surface area contributed by atoms with Gasteiger partial charge >= 0.3 is 0 Å². The number of anilines is 1. The number of hydrogen-bond acceptors (Lipinski definition) is 4. The first-order valence-electron chi connectivity index (χ1n) is 13.0. The summed E-state index contributed by atoms with van der Waals surface area (Å²) in [4.78, 5) is 28.2. The van der Waals surface area contributed by atoms with Gasteiger partial charge in [-0.2, -0.15) is 0 Å². The third-order valence-electron chi connectivity index (χ3n) is 6.88. The number of carbonyl (C=O) groups is 2. The van der Waals surface area contributed by atoms with E-state index in [1.807, 2.05) is 31.2 Å². The highest BCUT2D eigenvalue weighted by molar-refractivity contribution is 7.92. The summed E-state index contributed by atoms with van der Waals surface area (Å²) in [6, 6.07) is 11.9. The number of carbonyl (C=O) groups excluding carboxylic acids is 2. The van der Waals surface area contributed by atoms with E-state index in [0.29, 0.717) is 5.02 Å². The molecule has 3 rings (SSSR count). The van der Waals surface area contributed by atoms with Gasteiger partial charge in [-0.05, 0) is 56.9 Å². The fraction of sp³-hybridized carbons (Fsp3) is 0.500. The molecule has 10 heteroatoms. The molecule has 1 aliphatic carbocycles. The van der Waals surface area contributed by atoms with Gasteiger partial charge in [-0.25, -0.2) is 8.42 Å². The van der Waals surface area contributed by atoms with E-state index in [9.17, 15) is 18.0 Å². The molecular formula is C28H37Cl2N3O4S. The molecule has 2 aromatic carbocycles. The zero-order chi connectivity index (χ0) is 27.9. The molecule has 1 N–H and O–H groups in total. The van der Waals surface area contributed by atoms with E-state index in [-0.39, 0.29) is 54.5 Å². The van der Waals surface area contributed by atoms with Gasteiger partial charge in [-0.3, -0.25) is 13.9 Å². The first-order chi connectivity index (χ1) is 18.0. The fourth-order valence-corrected chi connectivity index (χ4v) is 6.22. The SMILES string of the molecule is Cc1cccc(CN(C(=O)CCCN(c2cc(Cl)ccc2Cl)S(C)(=O)=O)[C@H](C)C(=O)NC2CCCCC2)c1. The van der Waals surface area contributed by atoms with Crippen LogP contribution in [0.25, 0.3) is 0 Å². The molecule has 208 valence electrons. The molecule has 1 saturated carbocycles. The molecular weight excluding hydrogens is 545 g/mol. The van der Waals surface area contributed by atoms with Crippen LogP contribution in [0.2, 0.25) is 10.0 Å². The molecule has 0 aromatic heterocycles. The summed E-state index contributed by atoms with van der Waals surface area (Å²) in [5, 5.41) is 3.74. The maximum Gasteiger partial charge on any atom is 0.242 e. The average Bonchev–Trinajstić information content (AvgIpc) is 2.86. The van der Waals surface area contributed by atoms with E-state index in [2.05, 4.69) is 5.32 Å². The molecule has 0 heterocycles. The monoisotopic (exact) mass is 581 g/mol. The molecule has 0 unspecified atom stereocenters. The summed E-state index contributed by atoms with van der Waals surface area (Å²) >= 11 is 12.3. The second kappa shape index (κ2) is 13.7. The Kier molecular flexibility index (Phi) is 10.9. The molecule has 1 fully saturated rings. The van der Waals surface area contributed by atoms with Gasteiger partial charge in [0.15, 0.2) is 0 Å². The Labute approximate surface area is 236 Å². The van der Waals surface area contributed by atoms with Gasteiger partial charge in [0.1, 0.15) is 6.04 Å². The van der Waals surface area contributed by atoms with Gasteiger partial charge in [0.05, 0.1) is 17.0 Å². The highest BCUT2D eigenvalue weighted by Crippen LogP contribution is 2.31. The van der Waals surface area contributed by atoms with Crippen molar-refractivity contribution in [1.29, 1.82) is 0 Å². The van der Waals surface area contributed by atoms with Crippen molar-refractivity contribution >= 4 is 50.7 Å². The van der Waals surface area contributed by atoms with E-state index < -0.39 is 16.1 Å². The van der Waals surface area contributed by atoms with Crippen LogP contribution in [0.3, 0.4) is 0 Å². The van der Waals surface area contributed by atoms with Crippen molar-refractivity contribution in [2.24, 2.45) is 0 Å². The highest BCUT2D eigenvalue weighted by atomic mass is 35.5. The first-order valence-corrected chi connectivity index (χ1v) is 15.6. The van der Waals surface area contributed by atoms with E-state index in [1.165, 1.54) is 16.8 Å². The number of hydrogen-bond donors (Lipinski definition) is 1. The van der Waals surface area contributed by atoms with Crippen LogP contribution in [0.1, 0.15) is 63.0 Å². The number of sulfonamides is 1. The minimum absolute atomic E-state index is 0.0472. The Balaban J connectivity index is 1.74. The largest absolute Gasteiger partial charge is 0.352 e. The van der Waals surface area contributed by atoms with Crippen LogP contribution < -0.4 is 9.62 Å². The molecule has 0 saturated heterocycles. The number of amides is 2. The molecule has 1 atom stereocenters. The number of nitrogens with one attached hydrogen (secondary N) is 1. The number of aryl methyl sites for hydroxylation is 1. The molecule has 7 nitrogen and oxygen atoms in total. The Bertz CT molecular complexity index is 1230. The van der Waals surface area contributed by atoms with Crippen LogP contribution in [0.15, 0.2) is 42.5 Å². The van der Waals surface area contributed by atoms with Crippen molar-refractivity contribution < 1.29 is 18.0 Å². The van der Waals surface area contributed by atoms with E-state index in [4.69, 9.17) is 23.2 Å². The van der Waals surface area contributed by atoms with Crippen LogP contribution in [-0.2, 0) is 26.2 Å². The van der Waals surface area contributed by atoms with Crippen molar-refractivity contribution in [3.63, 3.8) is 0 Å². The maximum atomic E-state index is 13.5. The normalized spacial score (nSPS) is 15.1. The maximum absolute atomic E-state index is 13.5. The van der Waals surface area contributed by atoms with Gasteiger partial charge in [-0.15, -0.1) is 0 Å². The average molecular weight is 583 g/mol. The quantitative estimate of drug-likeness (QED) is 0.368. The van der Waals surface area contributed by atoms with Crippen molar-refractivity contribution in [2.45, 2.75) is 77.4 Å². The molecule has 2 aromatic rings. The lowest BCUT2D eigenvalue weighted by Crippen LogP contribution is -2.50. The smallest absolute Gasteiger partial charge is 0.242 e. The van der Waals surface area contributed by atoms with Gasteiger partial charge in [0.2, 0.25) is 21.8 Å². The zero-order valence-corrected chi connectivity index (χ0v) is 24.6.